The second-order valence-electron chi connectivity index (χ2n) is 4.49. The largest absolute Gasteiger partial charge is 0.468 e. The number of hydrogen-bond acceptors (Lipinski definition) is 2. The first-order valence-electron chi connectivity index (χ1n) is 6.57. The third kappa shape index (κ3) is 3.57. The van der Waals surface area contributed by atoms with E-state index in [0.29, 0.717) is 12.8 Å². The van der Waals surface area contributed by atoms with Crippen molar-refractivity contribution in [2.45, 2.75) is 32.1 Å². The van der Waals surface area contributed by atoms with Gasteiger partial charge in [-0.3, -0.25) is 4.79 Å². The fourth-order valence-corrected chi connectivity index (χ4v) is 2.19. The highest BCUT2D eigenvalue weighted by Crippen LogP contribution is 2.34. The third-order valence-electron chi connectivity index (χ3n) is 3.31. The van der Waals surface area contributed by atoms with E-state index in [1.165, 1.54) is 7.11 Å². The van der Waals surface area contributed by atoms with Gasteiger partial charge in [-0.2, -0.15) is 0 Å². The predicted octanol–water partition coefficient (Wildman–Crippen LogP) is 4.03. The van der Waals surface area contributed by atoms with Crippen molar-refractivity contribution in [2.24, 2.45) is 0 Å². The van der Waals surface area contributed by atoms with Crippen LogP contribution in [-0.2, 0) is 14.9 Å². The average molecular weight is 258 g/mol. The molecule has 1 aromatic rings. The van der Waals surface area contributed by atoms with Crippen molar-refractivity contribution in [1.29, 1.82) is 0 Å². The molecule has 0 N–H and O–H groups in total. The predicted molar refractivity (Wildman–Crippen MR) is 79.0 cm³/mol. The molecule has 0 unspecified atom stereocenters. The van der Waals surface area contributed by atoms with Gasteiger partial charge in [0, 0.05) is 0 Å². The lowest BCUT2D eigenvalue weighted by molar-refractivity contribution is -0.147. The summed E-state index contributed by atoms with van der Waals surface area (Å²) in [5.74, 6) is -0.185. The van der Waals surface area contributed by atoms with E-state index >= 15 is 0 Å². The van der Waals surface area contributed by atoms with E-state index < -0.39 is 5.41 Å². The Kier molecular flexibility index (Phi) is 6.07. The zero-order valence-electron chi connectivity index (χ0n) is 11.9. The summed E-state index contributed by atoms with van der Waals surface area (Å²) in [6, 6.07) is 9.85. The lowest BCUT2D eigenvalue weighted by Crippen LogP contribution is -2.36. The molecule has 2 heteroatoms. The first-order valence-corrected chi connectivity index (χ1v) is 6.57. The molecule has 0 heterocycles. The quantitative estimate of drug-likeness (QED) is 0.569. The second-order valence-corrected chi connectivity index (χ2v) is 4.49. The van der Waals surface area contributed by atoms with Gasteiger partial charge in [-0.15, -0.1) is 0 Å². The van der Waals surface area contributed by atoms with Crippen LogP contribution in [0.4, 0.5) is 0 Å². The van der Waals surface area contributed by atoms with E-state index in [-0.39, 0.29) is 5.97 Å². The van der Waals surface area contributed by atoms with Crippen LogP contribution in [0.3, 0.4) is 0 Å². The molecule has 0 saturated carbocycles. The summed E-state index contributed by atoms with van der Waals surface area (Å²) in [5.41, 5.74) is 0.368. The third-order valence-corrected chi connectivity index (χ3v) is 3.31. The van der Waals surface area contributed by atoms with Crippen molar-refractivity contribution in [3.8, 4) is 0 Å². The fraction of sp³-hybridized carbons (Fsp3) is 0.353. The Bertz CT molecular complexity index is 430. The standard InChI is InChI=1S/C17H22O2/c1-4-6-13-17(14-7-5-2,16(18)19-3)15-11-9-8-10-12-15/h4-12H,13-14H2,1-3H3. The summed E-state index contributed by atoms with van der Waals surface area (Å²) in [4.78, 5) is 12.4. The normalized spacial score (nSPS) is 14.7. The number of allylic oxidation sites excluding steroid dienone is 4. The lowest BCUT2D eigenvalue weighted by atomic mass is 9.74. The molecule has 2 nitrogen and oxygen atoms in total. The minimum absolute atomic E-state index is 0.185. The van der Waals surface area contributed by atoms with Crippen LogP contribution >= 0.6 is 0 Å². The fourth-order valence-electron chi connectivity index (χ4n) is 2.19. The number of ether oxygens (including phenoxy) is 1. The molecular weight excluding hydrogens is 236 g/mol. The highest BCUT2D eigenvalue weighted by molar-refractivity contribution is 5.83. The van der Waals surface area contributed by atoms with E-state index in [4.69, 9.17) is 4.74 Å². The summed E-state index contributed by atoms with van der Waals surface area (Å²) in [7, 11) is 1.45. The molecule has 0 aromatic heterocycles. The molecule has 0 aliphatic carbocycles. The van der Waals surface area contributed by atoms with Gasteiger partial charge in [0.15, 0.2) is 0 Å². The molecule has 0 saturated heterocycles. The van der Waals surface area contributed by atoms with Gasteiger partial charge >= 0.3 is 5.97 Å². The molecule has 0 atom stereocenters. The monoisotopic (exact) mass is 258 g/mol. The molecule has 0 spiro atoms. The molecule has 0 aliphatic rings. The minimum Gasteiger partial charge on any atom is -0.468 e. The van der Waals surface area contributed by atoms with Crippen LogP contribution in [0.1, 0.15) is 32.3 Å². The van der Waals surface area contributed by atoms with Crippen LogP contribution in [0.5, 0.6) is 0 Å². The Balaban J connectivity index is 3.28. The van der Waals surface area contributed by atoms with E-state index in [1.807, 2.05) is 68.5 Å². The number of esters is 1. The van der Waals surface area contributed by atoms with Crippen LogP contribution < -0.4 is 0 Å². The Hall–Kier alpha value is -1.83. The Morgan fingerprint density at radius 1 is 1.11 bits per heavy atom. The topological polar surface area (TPSA) is 26.3 Å². The summed E-state index contributed by atoms with van der Waals surface area (Å²) >= 11 is 0. The van der Waals surface area contributed by atoms with Gasteiger partial charge in [-0.05, 0) is 32.3 Å². The molecular formula is C17H22O2. The highest BCUT2D eigenvalue weighted by Gasteiger charge is 2.39. The SMILES string of the molecule is CC=CCC(CC=CC)(C(=O)OC)c1ccccc1. The molecule has 102 valence electrons. The summed E-state index contributed by atoms with van der Waals surface area (Å²) < 4.78 is 5.06. The Labute approximate surface area is 115 Å². The first-order chi connectivity index (χ1) is 9.21. The molecule has 0 radical (unpaired) electrons. The summed E-state index contributed by atoms with van der Waals surface area (Å²) in [6.45, 7) is 3.92. The van der Waals surface area contributed by atoms with Crippen molar-refractivity contribution in [3.05, 3.63) is 60.2 Å². The molecule has 1 aromatic carbocycles. The smallest absolute Gasteiger partial charge is 0.316 e. The van der Waals surface area contributed by atoms with E-state index in [1.54, 1.807) is 0 Å². The summed E-state index contributed by atoms with van der Waals surface area (Å²) in [6.07, 6.45) is 9.27. The number of rotatable bonds is 6. The number of benzene rings is 1. The molecule has 0 bridgehead atoms. The highest BCUT2D eigenvalue weighted by atomic mass is 16.5. The van der Waals surface area contributed by atoms with Crippen LogP contribution in [0, 0.1) is 0 Å². The Morgan fingerprint density at radius 2 is 1.63 bits per heavy atom. The van der Waals surface area contributed by atoms with E-state index in [0.717, 1.165) is 5.56 Å². The molecule has 19 heavy (non-hydrogen) atoms. The maximum atomic E-state index is 12.4. The number of carbonyl (C=O) groups is 1. The number of methoxy groups -OCH3 is 1. The van der Waals surface area contributed by atoms with Gasteiger partial charge in [0.05, 0.1) is 12.5 Å². The van der Waals surface area contributed by atoms with Crippen molar-refractivity contribution in [2.75, 3.05) is 7.11 Å². The van der Waals surface area contributed by atoms with Crippen molar-refractivity contribution in [3.63, 3.8) is 0 Å². The average Bonchev–Trinajstić information content (AvgIpc) is 2.48. The second kappa shape index (κ2) is 7.57. The zero-order chi connectivity index (χ0) is 14.1. The van der Waals surface area contributed by atoms with E-state index in [2.05, 4.69) is 0 Å². The molecule has 0 amide bonds. The number of hydrogen-bond donors (Lipinski definition) is 0. The van der Waals surface area contributed by atoms with Gasteiger partial charge in [-0.1, -0.05) is 54.6 Å². The van der Waals surface area contributed by atoms with Gasteiger partial charge in [0.2, 0.25) is 0 Å². The molecule has 0 aliphatic heterocycles. The van der Waals surface area contributed by atoms with Gasteiger partial charge in [0.1, 0.15) is 0 Å². The van der Waals surface area contributed by atoms with Gasteiger partial charge in [0.25, 0.3) is 0 Å². The molecule has 0 fully saturated rings. The maximum Gasteiger partial charge on any atom is 0.316 e. The Morgan fingerprint density at radius 3 is 2.05 bits per heavy atom. The van der Waals surface area contributed by atoms with Crippen LogP contribution in [0.15, 0.2) is 54.6 Å². The first kappa shape index (κ1) is 15.2. The molecule has 1 rings (SSSR count). The van der Waals surface area contributed by atoms with Crippen molar-refractivity contribution in [1.82, 2.24) is 0 Å². The van der Waals surface area contributed by atoms with Crippen LogP contribution in [-0.4, -0.2) is 13.1 Å². The van der Waals surface area contributed by atoms with Crippen molar-refractivity contribution < 1.29 is 9.53 Å². The maximum absolute atomic E-state index is 12.4. The lowest BCUT2D eigenvalue weighted by Gasteiger charge is -2.29. The number of carbonyl (C=O) groups excluding carboxylic acids is 1. The summed E-state index contributed by atoms with van der Waals surface area (Å²) in [5, 5.41) is 0. The van der Waals surface area contributed by atoms with Gasteiger partial charge < -0.3 is 4.74 Å². The zero-order valence-corrected chi connectivity index (χ0v) is 11.9. The van der Waals surface area contributed by atoms with Gasteiger partial charge in [-0.25, -0.2) is 0 Å². The van der Waals surface area contributed by atoms with Crippen molar-refractivity contribution >= 4 is 5.97 Å². The van der Waals surface area contributed by atoms with E-state index in [9.17, 15) is 4.79 Å². The van der Waals surface area contributed by atoms with Crippen LogP contribution in [0.2, 0.25) is 0 Å². The van der Waals surface area contributed by atoms with Crippen LogP contribution in [0.25, 0.3) is 0 Å². The minimum atomic E-state index is -0.630.